The molecule has 0 saturated heterocycles. The molecule has 1 heterocycles. The Kier molecular flexibility index (Phi) is 4.69. The van der Waals surface area contributed by atoms with Crippen LogP contribution in [0.25, 0.3) is 0 Å². The average molecular weight is 323 g/mol. The van der Waals surface area contributed by atoms with Gasteiger partial charge in [-0.3, -0.25) is 0 Å². The minimum atomic E-state index is 0.166. The number of rotatable bonds is 4. The summed E-state index contributed by atoms with van der Waals surface area (Å²) >= 11 is 0. The zero-order chi connectivity index (χ0) is 17.1. The first-order valence-electron chi connectivity index (χ1n) is 8.51. The van der Waals surface area contributed by atoms with Gasteiger partial charge in [0.15, 0.2) is 0 Å². The molecule has 0 bridgehead atoms. The van der Waals surface area contributed by atoms with Gasteiger partial charge in [0.05, 0.1) is 0 Å². The second-order valence-electron chi connectivity index (χ2n) is 6.39. The van der Waals surface area contributed by atoms with E-state index in [0.717, 1.165) is 11.3 Å². The van der Waals surface area contributed by atoms with Crippen LogP contribution in [0.15, 0.2) is 37.0 Å². The van der Waals surface area contributed by atoms with Gasteiger partial charge in [-0.05, 0) is 43.4 Å². The summed E-state index contributed by atoms with van der Waals surface area (Å²) in [6, 6.07) is 8.65. The summed E-state index contributed by atoms with van der Waals surface area (Å²) in [6.07, 6.45) is 8.36. The van der Waals surface area contributed by atoms with Crippen LogP contribution in [0, 0.1) is 6.92 Å². The van der Waals surface area contributed by atoms with Crippen molar-refractivity contribution in [2.45, 2.75) is 44.9 Å². The van der Waals surface area contributed by atoms with Gasteiger partial charge >= 0.3 is 0 Å². The van der Waals surface area contributed by atoms with Crippen LogP contribution in [-0.4, -0.2) is 9.97 Å². The van der Waals surface area contributed by atoms with Gasteiger partial charge in [-0.15, -0.1) is 0 Å². The highest BCUT2D eigenvalue weighted by Gasteiger charge is 2.17. The third-order valence-corrected chi connectivity index (χ3v) is 4.83. The van der Waals surface area contributed by atoms with E-state index in [4.69, 9.17) is 11.5 Å². The van der Waals surface area contributed by atoms with Crippen molar-refractivity contribution in [1.29, 1.82) is 0 Å². The van der Waals surface area contributed by atoms with E-state index in [2.05, 4.69) is 40.8 Å². The van der Waals surface area contributed by atoms with Gasteiger partial charge < -0.3 is 16.4 Å². The largest absolute Gasteiger partial charge is 0.383 e. The molecule has 1 saturated carbocycles. The van der Waals surface area contributed by atoms with Crippen LogP contribution in [0.2, 0.25) is 0 Å². The molecule has 0 atom stereocenters. The Hall–Kier alpha value is -2.56. The molecular formula is C19H25N5. The summed E-state index contributed by atoms with van der Waals surface area (Å²) in [5.74, 6) is 1.92. The fourth-order valence-electron chi connectivity index (χ4n) is 3.43. The van der Waals surface area contributed by atoms with Gasteiger partial charge in [0.2, 0.25) is 5.95 Å². The number of hydrogen-bond acceptors (Lipinski definition) is 5. The minimum absolute atomic E-state index is 0.166. The van der Waals surface area contributed by atoms with Gasteiger partial charge in [-0.1, -0.05) is 38.0 Å². The van der Waals surface area contributed by atoms with E-state index in [1.165, 1.54) is 37.7 Å². The first kappa shape index (κ1) is 16.3. The van der Waals surface area contributed by atoms with Crippen molar-refractivity contribution >= 4 is 23.3 Å². The second kappa shape index (κ2) is 6.91. The molecule has 24 heavy (non-hydrogen) atoms. The molecule has 0 aliphatic heterocycles. The SMILES string of the molecule is C=CN(c1ccc(C2CCCCC2)cc1)c1nc(N)nc(N)c1C. The van der Waals surface area contributed by atoms with Crippen molar-refractivity contribution in [2.75, 3.05) is 16.4 Å². The molecule has 5 heteroatoms. The number of nitrogen functional groups attached to an aromatic ring is 2. The number of nitrogens with two attached hydrogens (primary N) is 2. The molecule has 1 aromatic carbocycles. The second-order valence-corrected chi connectivity index (χ2v) is 6.39. The van der Waals surface area contributed by atoms with E-state index >= 15 is 0 Å². The van der Waals surface area contributed by atoms with Gasteiger partial charge in [0, 0.05) is 17.5 Å². The van der Waals surface area contributed by atoms with E-state index in [0.29, 0.717) is 17.6 Å². The Morgan fingerprint density at radius 2 is 1.75 bits per heavy atom. The summed E-state index contributed by atoms with van der Waals surface area (Å²) in [5.41, 5.74) is 14.9. The lowest BCUT2D eigenvalue weighted by atomic mass is 9.84. The van der Waals surface area contributed by atoms with E-state index in [1.807, 2.05) is 11.8 Å². The van der Waals surface area contributed by atoms with Gasteiger partial charge in [-0.2, -0.15) is 9.97 Å². The molecule has 4 N–H and O–H groups in total. The summed E-state index contributed by atoms with van der Waals surface area (Å²) in [4.78, 5) is 10.2. The van der Waals surface area contributed by atoms with Crippen LogP contribution in [-0.2, 0) is 0 Å². The van der Waals surface area contributed by atoms with Crippen molar-refractivity contribution in [1.82, 2.24) is 9.97 Å². The summed E-state index contributed by atoms with van der Waals surface area (Å²) in [6.45, 7) is 5.80. The molecular weight excluding hydrogens is 298 g/mol. The lowest BCUT2D eigenvalue weighted by molar-refractivity contribution is 0.443. The van der Waals surface area contributed by atoms with Crippen LogP contribution in [0.5, 0.6) is 0 Å². The quantitative estimate of drug-likeness (QED) is 0.877. The first-order valence-corrected chi connectivity index (χ1v) is 8.51. The molecule has 3 rings (SSSR count). The Bertz CT molecular complexity index is 717. The maximum atomic E-state index is 5.92. The predicted molar refractivity (Wildman–Crippen MR) is 100 cm³/mol. The highest BCUT2D eigenvalue weighted by atomic mass is 15.2. The van der Waals surface area contributed by atoms with Crippen molar-refractivity contribution in [2.24, 2.45) is 0 Å². The third kappa shape index (κ3) is 3.20. The molecule has 5 nitrogen and oxygen atoms in total. The van der Waals surface area contributed by atoms with Gasteiger partial charge in [0.25, 0.3) is 0 Å². The molecule has 126 valence electrons. The maximum absolute atomic E-state index is 5.92. The Morgan fingerprint density at radius 3 is 2.38 bits per heavy atom. The smallest absolute Gasteiger partial charge is 0.223 e. The maximum Gasteiger partial charge on any atom is 0.223 e. The molecule has 1 aromatic heterocycles. The fourth-order valence-corrected chi connectivity index (χ4v) is 3.43. The van der Waals surface area contributed by atoms with E-state index in [1.54, 1.807) is 6.20 Å². The minimum Gasteiger partial charge on any atom is -0.383 e. The van der Waals surface area contributed by atoms with Crippen LogP contribution in [0.1, 0.15) is 49.1 Å². The molecule has 2 aromatic rings. The zero-order valence-electron chi connectivity index (χ0n) is 14.2. The average Bonchev–Trinajstić information content (AvgIpc) is 2.61. The lowest BCUT2D eigenvalue weighted by Crippen LogP contribution is -2.15. The standard InChI is InChI=1S/C19H25N5/c1-3-24(18-13(2)17(20)22-19(21)23-18)16-11-9-15(10-12-16)14-7-5-4-6-8-14/h3,9-12,14H,1,4-8H2,2H3,(H4,20,21,22,23). The Morgan fingerprint density at radius 1 is 1.08 bits per heavy atom. The van der Waals surface area contributed by atoms with E-state index in [9.17, 15) is 0 Å². The molecule has 0 unspecified atom stereocenters. The van der Waals surface area contributed by atoms with Crippen LogP contribution < -0.4 is 16.4 Å². The molecule has 0 amide bonds. The molecule has 1 aliphatic rings. The van der Waals surface area contributed by atoms with Gasteiger partial charge in [-0.25, -0.2) is 0 Å². The van der Waals surface area contributed by atoms with Crippen LogP contribution in [0.4, 0.5) is 23.3 Å². The van der Waals surface area contributed by atoms with Crippen molar-refractivity contribution in [3.05, 3.63) is 48.2 Å². The van der Waals surface area contributed by atoms with Gasteiger partial charge in [0.1, 0.15) is 11.6 Å². The lowest BCUT2D eigenvalue weighted by Gasteiger charge is -2.24. The molecule has 0 spiro atoms. The number of nitrogens with zero attached hydrogens (tertiary/aromatic N) is 3. The number of benzene rings is 1. The topological polar surface area (TPSA) is 81.1 Å². The number of aromatic nitrogens is 2. The predicted octanol–water partition coefficient (Wildman–Crippen LogP) is 4.28. The van der Waals surface area contributed by atoms with Crippen molar-refractivity contribution < 1.29 is 0 Å². The first-order chi connectivity index (χ1) is 11.6. The van der Waals surface area contributed by atoms with Crippen LogP contribution >= 0.6 is 0 Å². The third-order valence-electron chi connectivity index (χ3n) is 4.83. The normalized spacial score (nSPS) is 15.2. The molecule has 1 fully saturated rings. The summed E-state index contributed by atoms with van der Waals surface area (Å²) in [5, 5.41) is 0. The molecule has 1 aliphatic carbocycles. The summed E-state index contributed by atoms with van der Waals surface area (Å²) < 4.78 is 0. The number of hydrogen-bond donors (Lipinski definition) is 2. The highest BCUT2D eigenvalue weighted by Crippen LogP contribution is 2.35. The molecule has 0 radical (unpaired) electrons. The van der Waals surface area contributed by atoms with Crippen molar-refractivity contribution in [3.63, 3.8) is 0 Å². The fraction of sp³-hybridized carbons (Fsp3) is 0.368. The Balaban J connectivity index is 1.90. The van der Waals surface area contributed by atoms with Crippen LogP contribution in [0.3, 0.4) is 0 Å². The van der Waals surface area contributed by atoms with E-state index in [-0.39, 0.29) is 5.95 Å². The highest BCUT2D eigenvalue weighted by molar-refractivity contribution is 5.69. The monoisotopic (exact) mass is 323 g/mol. The summed E-state index contributed by atoms with van der Waals surface area (Å²) in [7, 11) is 0. The Labute approximate surface area is 143 Å². The zero-order valence-corrected chi connectivity index (χ0v) is 14.2. The number of anilines is 4. The van der Waals surface area contributed by atoms with E-state index < -0.39 is 0 Å². The van der Waals surface area contributed by atoms with Crippen molar-refractivity contribution in [3.8, 4) is 0 Å².